The standard InChI is InChI=1S/C9H14N4O2/c1-5-4-10-8-6(12(5)2)7(9(14)15)13(3)11-8/h5H,4H2,1-3H3,(H,10,11)(H,14,15)/t5-/m0/s1. The van der Waals surface area contributed by atoms with Crippen LogP contribution in [-0.4, -0.2) is 40.5 Å². The van der Waals surface area contributed by atoms with E-state index in [9.17, 15) is 4.79 Å². The number of nitrogens with zero attached hydrogens (tertiary/aromatic N) is 3. The summed E-state index contributed by atoms with van der Waals surface area (Å²) < 4.78 is 1.40. The first-order chi connectivity index (χ1) is 7.02. The van der Waals surface area contributed by atoms with Gasteiger partial charge in [0.2, 0.25) is 0 Å². The fourth-order valence-electron chi connectivity index (χ4n) is 1.81. The Bertz CT molecular complexity index is 412. The lowest BCUT2D eigenvalue weighted by atomic mass is 10.2. The lowest BCUT2D eigenvalue weighted by Gasteiger charge is -2.31. The van der Waals surface area contributed by atoms with Gasteiger partial charge >= 0.3 is 5.97 Å². The molecule has 15 heavy (non-hydrogen) atoms. The minimum Gasteiger partial charge on any atom is -0.476 e. The van der Waals surface area contributed by atoms with Crippen molar-refractivity contribution >= 4 is 17.5 Å². The van der Waals surface area contributed by atoms with Crippen LogP contribution in [0.15, 0.2) is 0 Å². The highest BCUT2D eigenvalue weighted by Gasteiger charge is 2.29. The number of likely N-dealkylation sites (N-methyl/N-ethyl adjacent to an activating group) is 1. The van der Waals surface area contributed by atoms with Crippen molar-refractivity contribution in [2.75, 3.05) is 23.8 Å². The number of hydrogen-bond acceptors (Lipinski definition) is 4. The van der Waals surface area contributed by atoms with E-state index < -0.39 is 5.97 Å². The number of rotatable bonds is 1. The highest BCUT2D eigenvalue weighted by atomic mass is 16.4. The Kier molecular flexibility index (Phi) is 2.06. The maximum Gasteiger partial charge on any atom is 0.356 e. The molecule has 0 bridgehead atoms. The maximum atomic E-state index is 11.1. The maximum absolute atomic E-state index is 11.1. The van der Waals surface area contributed by atoms with Crippen LogP contribution in [0.3, 0.4) is 0 Å². The Morgan fingerprint density at radius 3 is 2.87 bits per heavy atom. The second-order valence-corrected chi connectivity index (χ2v) is 3.82. The molecule has 2 N–H and O–H groups in total. The molecule has 0 radical (unpaired) electrons. The number of nitrogens with one attached hydrogen (secondary N) is 1. The molecule has 0 fully saturated rings. The zero-order valence-electron chi connectivity index (χ0n) is 8.98. The van der Waals surface area contributed by atoms with Crippen molar-refractivity contribution in [1.29, 1.82) is 0 Å². The predicted molar refractivity (Wildman–Crippen MR) is 56.5 cm³/mol. The van der Waals surface area contributed by atoms with Crippen molar-refractivity contribution in [1.82, 2.24) is 9.78 Å². The number of hydrogen-bond donors (Lipinski definition) is 2. The summed E-state index contributed by atoms with van der Waals surface area (Å²) >= 11 is 0. The molecule has 82 valence electrons. The lowest BCUT2D eigenvalue weighted by molar-refractivity contribution is 0.0685. The average molecular weight is 210 g/mol. The van der Waals surface area contributed by atoms with Crippen molar-refractivity contribution in [3.05, 3.63) is 5.69 Å². The van der Waals surface area contributed by atoms with Crippen molar-refractivity contribution in [2.24, 2.45) is 7.05 Å². The van der Waals surface area contributed by atoms with E-state index in [0.29, 0.717) is 11.5 Å². The number of fused-ring (bicyclic) bond motifs is 1. The third kappa shape index (κ3) is 1.33. The van der Waals surface area contributed by atoms with Crippen LogP contribution < -0.4 is 10.2 Å². The number of carboxylic acids is 1. The third-order valence-corrected chi connectivity index (χ3v) is 2.80. The SMILES string of the molecule is C[C@H]1CNc2nn(C)c(C(=O)O)c2N1C. The van der Waals surface area contributed by atoms with Gasteiger partial charge in [0, 0.05) is 26.7 Å². The molecule has 0 unspecified atom stereocenters. The summed E-state index contributed by atoms with van der Waals surface area (Å²) in [5.74, 6) is -0.301. The van der Waals surface area contributed by atoms with Crippen LogP contribution in [0.5, 0.6) is 0 Å². The molecular weight excluding hydrogens is 196 g/mol. The fraction of sp³-hybridized carbons (Fsp3) is 0.556. The molecule has 1 aliphatic rings. The second kappa shape index (κ2) is 3.15. The largest absolute Gasteiger partial charge is 0.476 e. The predicted octanol–water partition coefficient (Wildman–Crippen LogP) is 0.368. The Morgan fingerprint density at radius 2 is 2.27 bits per heavy atom. The van der Waals surface area contributed by atoms with Gasteiger partial charge in [-0.3, -0.25) is 4.68 Å². The molecular formula is C9H14N4O2. The van der Waals surface area contributed by atoms with Gasteiger partial charge < -0.3 is 15.3 Å². The van der Waals surface area contributed by atoms with Gasteiger partial charge in [0.15, 0.2) is 11.5 Å². The summed E-state index contributed by atoms with van der Waals surface area (Å²) in [6, 6.07) is 0.264. The van der Waals surface area contributed by atoms with E-state index in [0.717, 1.165) is 6.54 Å². The van der Waals surface area contributed by atoms with Gasteiger partial charge in [-0.2, -0.15) is 5.10 Å². The Balaban J connectivity index is 2.58. The van der Waals surface area contributed by atoms with E-state index in [1.54, 1.807) is 7.05 Å². The molecule has 0 spiro atoms. The summed E-state index contributed by atoms with van der Waals surface area (Å²) in [6.07, 6.45) is 0. The Labute approximate surface area is 87.5 Å². The van der Waals surface area contributed by atoms with E-state index in [4.69, 9.17) is 5.11 Å². The summed E-state index contributed by atoms with van der Waals surface area (Å²) in [5.41, 5.74) is 0.898. The van der Waals surface area contributed by atoms with E-state index in [-0.39, 0.29) is 11.7 Å². The van der Waals surface area contributed by atoms with Gasteiger partial charge in [-0.05, 0) is 6.92 Å². The minimum absolute atomic E-state index is 0.228. The smallest absolute Gasteiger partial charge is 0.356 e. The zero-order valence-corrected chi connectivity index (χ0v) is 8.98. The van der Waals surface area contributed by atoms with Crippen LogP contribution >= 0.6 is 0 Å². The highest BCUT2D eigenvalue weighted by Crippen LogP contribution is 2.32. The highest BCUT2D eigenvalue weighted by molar-refractivity contribution is 5.96. The lowest BCUT2D eigenvalue weighted by Crippen LogP contribution is -2.39. The number of carboxylic acid groups (broad SMARTS) is 1. The van der Waals surface area contributed by atoms with Gasteiger partial charge in [-0.15, -0.1) is 0 Å². The fourth-order valence-corrected chi connectivity index (χ4v) is 1.81. The molecule has 0 aromatic carbocycles. The second-order valence-electron chi connectivity index (χ2n) is 3.82. The minimum atomic E-state index is -0.950. The monoisotopic (exact) mass is 210 g/mol. The van der Waals surface area contributed by atoms with Crippen LogP contribution in [-0.2, 0) is 7.05 Å². The number of aryl methyl sites for hydroxylation is 1. The molecule has 6 nitrogen and oxygen atoms in total. The number of aromatic carboxylic acids is 1. The molecule has 0 aliphatic carbocycles. The summed E-state index contributed by atoms with van der Waals surface area (Å²) in [6.45, 7) is 2.81. The molecule has 1 aliphatic heterocycles. The number of anilines is 2. The average Bonchev–Trinajstić information content (AvgIpc) is 2.49. The molecule has 0 amide bonds. The quantitative estimate of drug-likeness (QED) is 0.700. The zero-order chi connectivity index (χ0) is 11.2. The Morgan fingerprint density at radius 1 is 1.60 bits per heavy atom. The first kappa shape index (κ1) is 9.82. The van der Waals surface area contributed by atoms with Crippen molar-refractivity contribution in [3.8, 4) is 0 Å². The topological polar surface area (TPSA) is 70.4 Å². The molecule has 1 aromatic rings. The van der Waals surface area contributed by atoms with Gasteiger partial charge in [-0.1, -0.05) is 0 Å². The van der Waals surface area contributed by atoms with Crippen molar-refractivity contribution < 1.29 is 9.90 Å². The van der Waals surface area contributed by atoms with E-state index in [1.807, 2.05) is 18.9 Å². The molecule has 1 aromatic heterocycles. The molecule has 2 heterocycles. The van der Waals surface area contributed by atoms with Gasteiger partial charge in [0.1, 0.15) is 5.69 Å². The van der Waals surface area contributed by atoms with Crippen LogP contribution in [0.25, 0.3) is 0 Å². The number of aromatic nitrogens is 2. The molecule has 0 saturated carbocycles. The molecule has 6 heteroatoms. The van der Waals surface area contributed by atoms with E-state index in [1.165, 1.54) is 4.68 Å². The first-order valence-electron chi connectivity index (χ1n) is 4.79. The Hall–Kier alpha value is -1.72. The van der Waals surface area contributed by atoms with Gasteiger partial charge in [0.05, 0.1) is 0 Å². The van der Waals surface area contributed by atoms with E-state index >= 15 is 0 Å². The third-order valence-electron chi connectivity index (χ3n) is 2.80. The van der Waals surface area contributed by atoms with Crippen LogP contribution in [0.4, 0.5) is 11.5 Å². The van der Waals surface area contributed by atoms with Gasteiger partial charge in [-0.25, -0.2) is 4.79 Å². The summed E-state index contributed by atoms with van der Waals surface area (Å²) in [7, 11) is 3.53. The van der Waals surface area contributed by atoms with Crippen molar-refractivity contribution in [3.63, 3.8) is 0 Å². The first-order valence-corrected chi connectivity index (χ1v) is 4.79. The van der Waals surface area contributed by atoms with Crippen LogP contribution in [0, 0.1) is 0 Å². The van der Waals surface area contributed by atoms with Gasteiger partial charge in [0.25, 0.3) is 0 Å². The van der Waals surface area contributed by atoms with Crippen molar-refractivity contribution in [2.45, 2.75) is 13.0 Å². The number of carbonyl (C=O) groups is 1. The normalized spacial score (nSPS) is 19.7. The molecule has 0 saturated heterocycles. The van der Waals surface area contributed by atoms with Crippen LogP contribution in [0.2, 0.25) is 0 Å². The summed E-state index contributed by atoms with van der Waals surface area (Å²) in [5, 5.41) is 16.4. The van der Waals surface area contributed by atoms with Crippen LogP contribution in [0.1, 0.15) is 17.4 Å². The van der Waals surface area contributed by atoms with E-state index in [2.05, 4.69) is 10.4 Å². The molecule has 1 atom stereocenters. The molecule has 2 rings (SSSR count). The summed E-state index contributed by atoms with van der Waals surface area (Å²) in [4.78, 5) is 13.0.